The van der Waals surface area contributed by atoms with Crippen molar-refractivity contribution >= 4 is 18.7 Å². The smallest absolute Gasteiger partial charge is 0.427 e. The summed E-state index contributed by atoms with van der Waals surface area (Å²) in [5.41, 5.74) is 0. The average Bonchev–Trinajstić information content (AvgIpc) is 2.03. The maximum atomic E-state index is 11.3. The minimum atomic E-state index is -1.27. The maximum Gasteiger partial charge on any atom is 0.448 e. The van der Waals surface area contributed by atoms with Gasteiger partial charge in [-0.25, -0.2) is 13.2 Å². The van der Waals surface area contributed by atoms with Gasteiger partial charge in [0.2, 0.25) is 5.29 Å². The summed E-state index contributed by atoms with van der Waals surface area (Å²) in [7, 11) is -1.17. The molecule has 0 radical (unpaired) electrons. The van der Waals surface area contributed by atoms with Crippen LogP contribution in [0.1, 0.15) is 20.8 Å². The van der Waals surface area contributed by atoms with Gasteiger partial charge in [-0.2, -0.15) is 4.39 Å². The molecule has 0 spiro atoms. The van der Waals surface area contributed by atoms with Crippen LogP contribution in [0.5, 0.6) is 0 Å². The lowest BCUT2D eigenvalue weighted by atomic mass is 9.99. The van der Waals surface area contributed by atoms with Crippen LogP contribution >= 0.6 is 11.6 Å². The van der Waals surface area contributed by atoms with E-state index in [0.29, 0.717) is 0 Å². The van der Waals surface area contributed by atoms with Gasteiger partial charge in [0.15, 0.2) is 0 Å². The standard InChI is InChI=1S/C4H6F2.C3H3ClF2.CH5BO2/c1-3(5)4(2)6;1-2(5)3(4)6;1-2(3)4/h1-2H3;1H3;3-4H,1H3/b4-3+;3-2+;. The van der Waals surface area contributed by atoms with Gasteiger partial charge in [0.05, 0.1) is 0 Å². The molecule has 2 nitrogen and oxygen atoms in total. The Morgan fingerprint density at radius 1 is 0.875 bits per heavy atom. The minimum absolute atomic E-state index is 0.741. The zero-order valence-corrected chi connectivity index (χ0v) is 10.1. The van der Waals surface area contributed by atoms with E-state index in [1.807, 2.05) is 0 Å². The molecule has 0 saturated heterocycles. The summed E-state index contributed by atoms with van der Waals surface area (Å²) < 4.78 is 44.9. The quantitative estimate of drug-likeness (QED) is 0.518. The van der Waals surface area contributed by atoms with Crippen LogP contribution in [0, 0.1) is 0 Å². The number of allylic oxidation sites excluding steroid dienone is 3. The molecular weight excluding hydrogens is 250 g/mol. The first-order valence-electron chi connectivity index (χ1n) is 4.04. The summed E-state index contributed by atoms with van der Waals surface area (Å²) in [5.74, 6) is -2.46. The molecule has 0 rings (SSSR count). The van der Waals surface area contributed by atoms with Crippen LogP contribution in [-0.2, 0) is 0 Å². The molecule has 0 amide bonds. The summed E-state index contributed by atoms with van der Waals surface area (Å²) in [6, 6.07) is 0. The largest absolute Gasteiger partial charge is 0.448 e. The third-order valence-electron chi connectivity index (χ3n) is 0.735. The van der Waals surface area contributed by atoms with Crippen molar-refractivity contribution in [2.24, 2.45) is 0 Å². The molecule has 0 aliphatic heterocycles. The zero-order chi connectivity index (χ0) is 13.9. The van der Waals surface area contributed by atoms with Gasteiger partial charge in [-0.05, 0) is 39.2 Å². The highest BCUT2D eigenvalue weighted by molar-refractivity contribution is 6.38. The highest BCUT2D eigenvalue weighted by atomic mass is 35.5. The average molecular weight is 264 g/mol. The molecule has 0 aliphatic carbocycles. The SMILES string of the molecule is C/C(F)=C(/C)F.C/C(F)=C(\F)Cl.CB(O)O. The van der Waals surface area contributed by atoms with Gasteiger partial charge in [-0.1, -0.05) is 0 Å². The fourth-order valence-corrected chi connectivity index (χ4v) is 0. The summed E-state index contributed by atoms with van der Waals surface area (Å²) in [5, 5.41) is 14.0. The van der Waals surface area contributed by atoms with E-state index in [0.717, 1.165) is 20.8 Å². The molecule has 0 bridgehead atoms. The Morgan fingerprint density at radius 3 is 1.00 bits per heavy atom. The van der Waals surface area contributed by atoms with Crippen LogP contribution in [0.15, 0.2) is 22.8 Å². The van der Waals surface area contributed by atoms with Crippen LogP contribution < -0.4 is 0 Å². The molecule has 0 saturated carbocycles. The second-order valence-corrected chi connectivity index (χ2v) is 2.82. The van der Waals surface area contributed by atoms with E-state index in [1.54, 1.807) is 0 Å². The number of hydrogen-bond acceptors (Lipinski definition) is 2. The van der Waals surface area contributed by atoms with E-state index < -0.39 is 29.9 Å². The van der Waals surface area contributed by atoms with E-state index in [2.05, 4.69) is 11.6 Å². The van der Waals surface area contributed by atoms with Crippen LogP contribution in [0.25, 0.3) is 0 Å². The van der Waals surface area contributed by atoms with Crippen molar-refractivity contribution in [3.05, 3.63) is 22.8 Å². The lowest BCUT2D eigenvalue weighted by Gasteiger charge is -1.78. The van der Waals surface area contributed by atoms with Crippen LogP contribution in [0.4, 0.5) is 17.6 Å². The molecule has 0 unspecified atom stereocenters. The predicted octanol–water partition coefficient (Wildman–Crippen LogP) is 3.62. The van der Waals surface area contributed by atoms with Gasteiger partial charge >= 0.3 is 7.12 Å². The van der Waals surface area contributed by atoms with Crippen LogP contribution in [-0.4, -0.2) is 17.2 Å². The second kappa shape index (κ2) is 12.5. The number of halogens is 5. The molecular formula is C8H14BClF4O2. The zero-order valence-electron chi connectivity index (χ0n) is 9.36. The maximum absolute atomic E-state index is 11.3. The van der Waals surface area contributed by atoms with E-state index in [4.69, 9.17) is 10.0 Å². The topological polar surface area (TPSA) is 40.5 Å². The Labute approximate surface area is 97.4 Å². The Kier molecular flexibility index (Phi) is 16.3. The predicted molar refractivity (Wildman–Crippen MR) is 57.4 cm³/mol. The fourth-order valence-electron chi connectivity index (χ4n) is 0. The van der Waals surface area contributed by atoms with Crippen molar-refractivity contribution in [2.75, 3.05) is 0 Å². The number of hydrogen-bond donors (Lipinski definition) is 2. The minimum Gasteiger partial charge on any atom is -0.427 e. The molecule has 8 heteroatoms. The van der Waals surface area contributed by atoms with E-state index in [9.17, 15) is 17.6 Å². The second-order valence-electron chi connectivity index (χ2n) is 2.49. The summed E-state index contributed by atoms with van der Waals surface area (Å²) >= 11 is 4.45. The van der Waals surface area contributed by atoms with E-state index in [-0.39, 0.29) is 0 Å². The Bertz CT molecular complexity index is 183. The molecule has 0 fully saturated rings. The Balaban J connectivity index is -0.000000162. The monoisotopic (exact) mass is 264 g/mol. The summed E-state index contributed by atoms with van der Waals surface area (Å²) in [6.45, 7) is 4.38. The summed E-state index contributed by atoms with van der Waals surface area (Å²) in [6.07, 6.45) is 0. The van der Waals surface area contributed by atoms with Gasteiger partial charge in [-0.15, -0.1) is 0 Å². The van der Waals surface area contributed by atoms with Crippen molar-refractivity contribution in [1.29, 1.82) is 0 Å². The molecule has 16 heavy (non-hydrogen) atoms. The highest BCUT2D eigenvalue weighted by Gasteiger charge is 1.89. The molecule has 2 N–H and O–H groups in total. The Hall–Kier alpha value is -0.525. The lowest BCUT2D eigenvalue weighted by molar-refractivity contribution is 0.417. The first-order valence-corrected chi connectivity index (χ1v) is 4.42. The van der Waals surface area contributed by atoms with Crippen molar-refractivity contribution in [3.8, 4) is 0 Å². The highest BCUT2D eigenvalue weighted by Crippen LogP contribution is 2.09. The van der Waals surface area contributed by atoms with Gasteiger partial charge < -0.3 is 10.0 Å². The van der Waals surface area contributed by atoms with Crippen molar-refractivity contribution < 1.29 is 27.6 Å². The third-order valence-corrected chi connectivity index (χ3v) is 0.996. The molecule has 96 valence electrons. The van der Waals surface area contributed by atoms with Gasteiger partial charge in [0.1, 0.15) is 17.5 Å². The van der Waals surface area contributed by atoms with Crippen molar-refractivity contribution in [3.63, 3.8) is 0 Å². The molecule has 0 aromatic rings. The van der Waals surface area contributed by atoms with E-state index in [1.165, 1.54) is 6.82 Å². The molecule has 0 atom stereocenters. The fraction of sp³-hybridized carbons (Fsp3) is 0.500. The molecule has 0 aromatic heterocycles. The summed E-state index contributed by atoms with van der Waals surface area (Å²) in [4.78, 5) is 0. The van der Waals surface area contributed by atoms with E-state index >= 15 is 0 Å². The normalized spacial score (nSPS) is 12.2. The first-order chi connectivity index (χ1) is 7.02. The molecule has 0 aromatic carbocycles. The van der Waals surface area contributed by atoms with Crippen molar-refractivity contribution in [1.82, 2.24) is 0 Å². The first kappa shape index (κ1) is 20.8. The third kappa shape index (κ3) is 37.5. The number of rotatable bonds is 0. The molecule has 0 heterocycles. The van der Waals surface area contributed by atoms with Gasteiger partial charge in [0, 0.05) is 0 Å². The Morgan fingerprint density at radius 2 is 1.00 bits per heavy atom. The van der Waals surface area contributed by atoms with Gasteiger partial charge in [-0.3, -0.25) is 0 Å². The van der Waals surface area contributed by atoms with Gasteiger partial charge in [0.25, 0.3) is 0 Å². The lowest BCUT2D eigenvalue weighted by Crippen LogP contribution is -2.00. The molecule has 0 aliphatic rings. The van der Waals surface area contributed by atoms with Crippen LogP contribution in [0.2, 0.25) is 6.82 Å². The van der Waals surface area contributed by atoms with Crippen molar-refractivity contribution in [2.45, 2.75) is 27.6 Å². The van der Waals surface area contributed by atoms with Crippen LogP contribution in [0.3, 0.4) is 0 Å².